The zero-order chi connectivity index (χ0) is 23.3. The molecule has 0 radical (unpaired) electrons. The highest BCUT2D eigenvalue weighted by Gasteiger charge is 2.49. The van der Waals surface area contributed by atoms with Crippen LogP contribution in [-0.2, 0) is 11.2 Å². The second-order valence-electron chi connectivity index (χ2n) is 9.68. The van der Waals surface area contributed by atoms with E-state index in [-0.39, 0.29) is 22.3 Å². The highest BCUT2D eigenvalue weighted by molar-refractivity contribution is 7.18. The molecule has 11 heteroatoms. The first kappa shape index (κ1) is 22.9. The van der Waals surface area contributed by atoms with Gasteiger partial charge in [0, 0.05) is 24.0 Å². The first-order valence-electron chi connectivity index (χ1n) is 10.5. The van der Waals surface area contributed by atoms with Gasteiger partial charge in [0.05, 0.1) is 18.9 Å². The van der Waals surface area contributed by atoms with Gasteiger partial charge in [0.2, 0.25) is 0 Å². The number of nitrogens with one attached hydrogen (secondary N) is 1. The summed E-state index contributed by atoms with van der Waals surface area (Å²) in [7, 11) is 1.44. The summed E-state index contributed by atoms with van der Waals surface area (Å²) in [5.41, 5.74) is -0.492. The Hall–Kier alpha value is -2.30. The molecule has 0 unspecified atom stereocenters. The molecule has 2 aromatic rings. The molecular formula is C21H27F3N4O3S. The third-order valence-electron chi connectivity index (χ3n) is 5.78. The second kappa shape index (κ2) is 7.93. The number of nitrogens with zero attached hydrogens (tertiary/aromatic N) is 3. The molecule has 176 valence electrons. The van der Waals surface area contributed by atoms with Crippen molar-refractivity contribution < 1.29 is 27.4 Å². The van der Waals surface area contributed by atoms with Gasteiger partial charge >= 0.3 is 18.3 Å². The zero-order valence-electron chi connectivity index (χ0n) is 18.5. The Kier molecular flexibility index (Phi) is 5.67. The average Bonchev–Trinajstić information content (AvgIpc) is 3.21. The lowest BCUT2D eigenvalue weighted by Gasteiger charge is -2.45. The van der Waals surface area contributed by atoms with E-state index in [1.807, 2.05) is 20.8 Å². The van der Waals surface area contributed by atoms with Crippen molar-refractivity contribution in [2.75, 3.05) is 25.1 Å². The molecule has 4 rings (SSSR count). The molecular weight excluding hydrogens is 445 g/mol. The number of alkyl halides is 3. The predicted octanol–water partition coefficient (Wildman–Crippen LogP) is 4.69. The number of anilines is 1. The van der Waals surface area contributed by atoms with Crippen molar-refractivity contribution in [2.45, 2.75) is 64.3 Å². The van der Waals surface area contributed by atoms with Crippen LogP contribution in [0.25, 0.3) is 10.2 Å². The Balaban J connectivity index is 1.47. The lowest BCUT2D eigenvalue weighted by Crippen LogP contribution is -2.52. The van der Waals surface area contributed by atoms with E-state index in [1.54, 1.807) is 6.07 Å². The maximum absolute atomic E-state index is 12.9. The number of methoxy groups -OCH3 is 1. The number of halogens is 3. The number of thiophene rings is 1. The molecule has 32 heavy (non-hydrogen) atoms. The Morgan fingerprint density at radius 1 is 1.31 bits per heavy atom. The highest BCUT2D eigenvalue weighted by Crippen LogP contribution is 2.50. The summed E-state index contributed by atoms with van der Waals surface area (Å²) in [5, 5.41) is 3.54. The summed E-state index contributed by atoms with van der Waals surface area (Å²) in [6, 6.07) is 1.75. The van der Waals surface area contributed by atoms with Crippen LogP contribution in [0.15, 0.2) is 6.07 Å². The van der Waals surface area contributed by atoms with Gasteiger partial charge in [-0.05, 0) is 51.5 Å². The van der Waals surface area contributed by atoms with E-state index < -0.39 is 24.3 Å². The molecule has 3 heterocycles. The van der Waals surface area contributed by atoms with Crippen LogP contribution in [0.3, 0.4) is 0 Å². The van der Waals surface area contributed by atoms with Gasteiger partial charge < -0.3 is 19.7 Å². The molecule has 1 aliphatic heterocycles. The predicted molar refractivity (Wildman–Crippen MR) is 115 cm³/mol. The van der Waals surface area contributed by atoms with Crippen LogP contribution >= 0.6 is 11.3 Å². The van der Waals surface area contributed by atoms with E-state index in [0.29, 0.717) is 16.0 Å². The molecule has 0 aromatic carbocycles. The van der Waals surface area contributed by atoms with Crippen molar-refractivity contribution in [1.29, 1.82) is 0 Å². The highest BCUT2D eigenvalue weighted by atomic mass is 32.1. The number of carbonyl (C=O) groups is 1. The average molecular weight is 473 g/mol. The van der Waals surface area contributed by atoms with E-state index >= 15 is 0 Å². The number of hydrogen-bond donors (Lipinski definition) is 1. The van der Waals surface area contributed by atoms with Crippen LogP contribution in [0.4, 0.5) is 23.8 Å². The van der Waals surface area contributed by atoms with Crippen LogP contribution in [-0.4, -0.2) is 54.1 Å². The molecule has 2 fully saturated rings. The van der Waals surface area contributed by atoms with E-state index in [1.165, 1.54) is 7.11 Å². The van der Waals surface area contributed by atoms with Crippen molar-refractivity contribution in [2.24, 2.45) is 5.41 Å². The summed E-state index contributed by atoms with van der Waals surface area (Å²) in [4.78, 5) is 23.5. The molecule has 1 saturated heterocycles. The number of fused-ring (bicyclic) bond motifs is 1. The third kappa shape index (κ3) is 5.02. The number of aromatic nitrogens is 2. The van der Waals surface area contributed by atoms with E-state index in [2.05, 4.69) is 20.2 Å². The van der Waals surface area contributed by atoms with Gasteiger partial charge in [-0.25, -0.2) is 4.79 Å². The summed E-state index contributed by atoms with van der Waals surface area (Å²) in [5.74, 6) is 0.608. The summed E-state index contributed by atoms with van der Waals surface area (Å²) >= 11 is 1.02. The number of alkyl carbamates (subject to hydrolysis) is 1. The topological polar surface area (TPSA) is 76.6 Å². The standard InChI is InChI=1S/C21H27F3N4O3S/c1-19(2,3)31-18(29)25-12-8-20(9-12)5-6-28(11-20)15-14-7-13(10-21(22,23)24)32-16(14)27-17(26-15)30-4/h7,12H,5-6,8-11H2,1-4H3,(H,25,29). The second-order valence-corrected chi connectivity index (χ2v) is 10.8. The van der Waals surface area contributed by atoms with Crippen LogP contribution in [0.2, 0.25) is 0 Å². The maximum Gasteiger partial charge on any atom is 0.407 e. The lowest BCUT2D eigenvalue weighted by atomic mass is 9.65. The van der Waals surface area contributed by atoms with E-state index in [9.17, 15) is 18.0 Å². The lowest BCUT2D eigenvalue weighted by molar-refractivity contribution is -0.126. The van der Waals surface area contributed by atoms with Crippen LogP contribution in [0.1, 0.15) is 44.9 Å². The first-order valence-corrected chi connectivity index (χ1v) is 11.3. The fourth-order valence-corrected chi connectivity index (χ4v) is 5.61. The van der Waals surface area contributed by atoms with Gasteiger partial charge in [0.15, 0.2) is 0 Å². The number of hydrogen-bond acceptors (Lipinski definition) is 7. The molecule has 1 amide bonds. The summed E-state index contributed by atoms with van der Waals surface area (Å²) < 4.78 is 49.2. The number of rotatable bonds is 4. The zero-order valence-corrected chi connectivity index (χ0v) is 19.3. The van der Waals surface area contributed by atoms with Crippen LogP contribution in [0, 0.1) is 5.41 Å². The van der Waals surface area contributed by atoms with Gasteiger partial charge in [0.25, 0.3) is 0 Å². The van der Waals surface area contributed by atoms with Gasteiger partial charge in [0.1, 0.15) is 16.2 Å². The van der Waals surface area contributed by atoms with Crippen molar-refractivity contribution in [3.63, 3.8) is 0 Å². The van der Waals surface area contributed by atoms with Crippen LogP contribution < -0.4 is 15.0 Å². The Bertz CT molecular complexity index is 1010. The van der Waals surface area contributed by atoms with Gasteiger partial charge in [-0.1, -0.05) is 0 Å². The third-order valence-corrected chi connectivity index (χ3v) is 6.81. The fraction of sp³-hybridized carbons (Fsp3) is 0.667. The molecule has 0 atom stereocenters. The molecule has 2 aromatic heterocycles. The van der Waals surface area contributed by atoms with Crippen molar-refractivity contribution in [3.8, 4) is 6.01 Å². The Morgan fingerprint density at radius 3 is 2.66 bits per heavy atom. The minimum atomic E-state index is -4.28. The number of ether oxygens (including phenoxy) is 2. The maximum atomic E-state index is 12.9. The first-order chi connectivity index (χ1) is 14.8. The quantitative estimate of drug-likeness (QED) is 0.696. The molecule has 0 bridgehead atoms. The fourth-order valence-electron chi connectivity index (χ4n) is 4.57. The van der Waals surface area contributed by atoms with Gasteiger partial charge in [-0.15, -0.1) is 11.3 Å². The molecule has 2 aliphatic rings. The van der Waals surface area contributed by atoms with E-state index in [0.717, 1.165) is 43.7 Å². The molecule has 1 N–H and O–H groups in total. The van der Waals surface area contributed by atoms with E-state index in [4.69, 9.17) is 9.47 Å². The van der Waals surface area contributed by atoms with Crippen molar-refractivity contribution >= 4 is 33.5 Å². The molecule has 1 saturated carbocycles. The normalized spacial score (nSPS) is 23.5. The number of carbonyl (C=O) groups excluding carboxylic acids is 1. The van der Waals surface area contributed by atoms with Gasteiger partial charge in [-0.3, -0.25) is 0 Å². The Morgan fingerprint density at radius 2 is 2.03 bits per heavy atom. The minimum Gasteiger partial charge on any atom is -0.467 e. The monoisotopic (exact) mass is 472 g/mol. The summed E-state index contributed by atoms with van der Waals surface area (Å²) in [6.07, 6.45) is -3.10. The molecule has 7 nitrogen and oxygen atoms in total. The molecule has 1 aliphatic carbocycles. The number of amides is 1. The SMILES string of the molecule is COc1nc(N2CCC3(CC(NC(=O)OC(C)(C)C)C3)C2)c2cc(CC(F)(F)F)sc2n1. The Labute approximate surface area is 188 Å². The minimum absolute atomic E-state index is 0.0506. The van der Waals surface area contributed by atoms with Crippen molar-refractivity contribution in [1.82, 2.24) is 15.3 Å². The smallest absolute Gasteiger partial charge is 0.407 e. The van der Waals surface area contributed by atoms with Crippen LogP contribution in [0.5, 0.6) is 6.01 Å². The van der Waals surface area contributed by atoms with Gasteiger partial charge in [-0.2, -0.15) is 23.1 Å². The largest absolute Gasteiger partial charge is 0.467 e. The summed E-state index contributed by atoms with van der Waals surface area (Å²) in [6.45, 7) is 6.93. The van der Waals surface area contributed by atoms with Crippen molar-refractivity contribution in [3.05, 3.63) is 10.9 Å². The molecule has 1 spiro atoms.